The van der Waals surface area contributed by atoms with E-state index >= 15 is 0 Å². The number of benzene rings is 1. The lowest BCUT2D eigenvalue weighted by Crippen LogP contribution is -2.28. The molecule has 0 fully saturated rings. The van der Waals surface area contributed by atoms with E-state index < -0.39 is 11.2 Å². The molecule has 1 aromatic carbocycles. The summed E-state index contributed by atoms with van der Waals surface area (Å²) in [6, 6.07) is 12.7. The molecule has 0 N–H and O–H groups in total. The number of Topliss-reactive ketones (excluding diaryl/α,β-unsaturated/α-hetero) is 1. The van der Waals surface area contributed by atoms with Crippen molar-refractivity contribution in [1.82, 2.24) is 0 Å². The standard InChI is InChI=1S/C12H10N2O/c1-10(15)12(8-13,9-14)7-11-5-3-2-4-6-11/h2-6H,7H2,1H3. The Labute approximate surface area is 88.6 Å². The first-order chi connectivity index (χ1) is 7.14. The molecule has 1 aromatic rings. The highest BCUT2D eigenvalue weighted by Crippen LogP contribution is 2.22. The van der Waals surface area contributed by atoms with Crippen molar-refractivity contribution in [3.8, 4) is 12.1 Å². The van der Waals surface area contributed by atoms with E-state index in [1.807, 2.05) is 18.2 Å². The monoisotopic (exact) mass is 198 g/mol. The van der Waals surface area contributed by atoms with Crippen LogP contribution in [0.15, 0.2) is 30.3 Å². The maximum Gasteiger partial charge on any atom is 0.204 e. The molecule has 0 saturated carbocycles. The van der Waals surface area contributed by atoms with E-state index in [4.69, 9.17) is 10.5 Å². The maximum atomic E-state index is 11.3. The molecular formula is C12H10N2O. The molecule has 3 nitrogen and oxygen atoms in total. The second kappa shape index (κ2) is 4.39. The normalized spacial score (nSPS) is 10.1. The molecular weight excluding hydrogens is 188 g/mol. The van der Waals surface area contributed by atoms with Crippen LogP contribution in [0.3, 0.4) is 0 Å². The fourth-order valence-corrected chi connectivity index (χ4v) is 1.29. The van der Waals surface area contributed by atoms with Crippen LogP contribution in [0.5, 0.6) is 0 Å². The van der Waals surface area contributed by atoms with Crippen molar-refractivity contribution in [2.45, 2.75) is 13.3 Å². The molecule has 0 aromatic heterocycles. The SMILES string of the molecule is CC(=O)C(C#N)(C#N)Cc1ccccc1. The first-order valence-corrected chi connectivity index (χ1v) is 4.52. The number of rotatable bonds is 3. The van der Waals surface area contributed by atoms with Crippen LogP contribution in [-0.4, -0.2) is 5.78 Å². The molecule has 0 radical (unpaired) electrons. The van der Waals surface area contributed by atoms with Crippen molar-refractivity contribution in [3.63, 3.8) is 0 Å². The van der Waals surface area contributed by atoms with E-state index in [1.165, 1.54) is 6.92 Å². The molecule has 0 spiro atoms. The van der Waals surface area contributed by atoms with E-state index in [0.717, 1.165) is 5.56 Å². The van der Waals surface area contributed by atoms with Gasteiger partial charge in [-0.25, -0.2) is 0 Å². The quantitative estimate of drug-likeness (QED) is 0.744. The van der Waals surface area contributed by atoms with Gasteiger partial charge in [0.15, 0.2) is 5.78 Å². The van der Waals surface area contributed by atoms with E-state index in [0.29, 0.717) is 0 Å². The largest absolute Gasteiger partial charge is 0.297 e. The summed E-state index contributed by atoms with van der Waals surface area (Å²) in [4.78, 5) is 11.3. The van der Waals surface area contributed by atoms with Gasteiger partial charge in [0.1, 0.15) is 0 Å². The van der Waals surface area contributed by atoms with Crippen LogP contribution in [0, 0.1) is 28.1 Å². The molecule has 15 heavy (non-hydrogen) atoms. The first-order valence-electron chi connectivity index (χ1n) is 4.52. The summed E-state index contributed by atoms with van der Waals surface area (Å²) in [6.45, 7) is 1.27. The van der Waals surface area contributed by atoms with Gasteiger partial charge in [-0.15, -0.1) is 0 Å². The van der Waals surface area contributed by atoms with Gasteiger partial charge in [-0.05, 0) is 12.5 Å². The van der Waals surface area contributed by atoms with Gasteiger partial charge < -0.3 is 0 Å². The molecule has 0 aliphatic carbocycles. The Morgan fingerprint density at radius 2 is 1.80 bits per heavy atom. The summed E-state index contributed by atoms with van der Waals surface area (Å²) < 4.78 is 0. The predicted octanol–water partition coefficient (Wildman–Crippen LogP) is 1.85. The third-order valence-corrected chi connectivity index (χ3v) is 2.29. The smallest absolute Gasteiger partial charge is 0.204 e. The van der Waals surface area contributed by atoms with E-state index in [1.54, 1.807) is 24.3 Å². The van der Waals surface area contributed by atoms with E-state index in [-0.39, 0.29) is 6.42 Å². The van der Waals surface area contributed by atoms with Gasteiger partial charge in [0.2, 0.25) is 5.41 Å². The minimum Gasteiger partial charge on any atom is -0.297 e. The summed E-state index contributed by atoms with van der Waals surface area (Å²) in [7, 11) is 0. The van der Waals surface area contributed by atoms with Crippen molar-refractivity contribution < 1.29 is 4.79 Å². The van der Waals surface area contributed by atoms with Crippen LogP contribution >= 0.6 is 0 Å². The number of nitrogens with zero attached hydrogens (tertiary/aromatic N) is 2. The summed E-state index contributed by atoms with van der Waals surface area (Å²) >= 11 is 0. The van der Waals surface area contributed by atoms with Crippen molar-refractivity contribution in [2.24, 2.45) is 5.41 Å². The lowest BCUT2D eigenvalue weighted by molar-refractivity contribution is -0.121. The Balaban J connectivity index is 3.03. The zero-order valence-corrected chi connectivity index (χ0v) is 8.40. The van der Waals surface area contributed by atoms with Crippen molar-refractivity contribution in [1.29, 1.82) is 10.5 Å². The third kappa shape index (κ3) is 2.21. The first kappa shape index (κ1) is 10.9. The Morgan fingerprint density at radius 1 is 1.27 bits per heavy atom. The molecule has 0 amide bonds. The second-order valence-electron chi connectivity index (χ2n) is 3.35. The maximum absolute atomic E-state index is 11.3. The Morgan fingerprint density at radius 3 is 2.20 bits per heavy atom. The summed E-state index contributed by atoms with van der Waals surface area (Å²) in [5, 5.41) is 17.8. The van der Waals surface area contributed by atoms with Gasteiger partial charge in [0.25, 0.3) is 0 Å². The van der Waals surface area contributed by atoms with E-state index in [2.05, 4.69) is 0 Å². The Bertz CT molecular complexity index is 423. The zero-order valence-electron chi connectivity index (χ0n) is 8.40. The average molecular weight is 198 g/mol. The molecule has 3 heteroatoms. The number of carbonyl (C=O) groups is 1. The molecule has 0 aliphatic heterocycles. The highest BCUT2D eigenvalue weighted by atomic mass is 16.1. The van der Waals surface area contributed by atoms with Gasteiger partial charge in [-0.1, -0.05) is 30.3 Å². The number of hydrogen-bond acceptors (Lipinski definition) is 3. The van der Waals surface area contributed by atoms with Crippen LogP contribution in [0.1, 0.15) is 12.5 Å². The summed E-state index contributed by atoms with van der Waals surface area (Å²) in [6.07, 6.45) is 0.149. The van der Waals surface area contributed by atoms with Crippen LogP contribution in [0.25, 0.3) is 0 Å². The molecule has 1 rings (SSSR count). The van der Waals surface area contributed by atoms with Crippen LogP contribution < -0.4 is 0 Å². The minimum atomic E-state index is -1.54. The second-order valence-corrected chi connectivity index (χ2v) is 3.35. The van der Waals surface area contributed by atoms with Crippen LogP contribution in [-0.2, 0) is 11.2 Å². The predicted molar refractivity (Wildman–Crippen MR) is 54.5 cm³/mol. The number of nitriles is 2. The van der Waals surface area contributed by atoms with Gasteiger partial charge in [-0.2, -0.15) is 10.5 Å². The van der Waals surface area contributed by atoms with Gasteiger partial charge in [0, 0.05) is 6.42 Å². The topological polar surface area (TPSA) is 64.7 Å². The van der Waals surface area contributed by atoms with Crippen LogP contribution in [0.4, 0.5) is 0 Å². The molecule has 0 saturated heterocycles. The number of ketones is 1. The highest BCUT2D eigenvalue weighted by molar-refractivity contribution is 5.88. The zero-order chi connectivity index (χ0) is 11.3. The van der Waals surface area contributed by atoms with Crippen molar-refractivity contribution in [3.05, 3.63) is 35.9 Å². The summed E-state index contributed by atoms with van der Waals surface area (Å²) in [5.41, 5.74) is -0.725. The van der Waals surface area contributed by atoms with Crippen molar-refractivity contribution >= 4 is 5.78 Å². The number of hydrogen-bond donors (Lipinski definition) is 0. The molecule has 74 valence electrons. The minimum absolute atomic E-state index is 0.149. The summed E-state index contributed by atoms with van der Waals surface area (Å²) in [5.74, 6) is -0.406. The molecule has 0 bridgehead atoms. The lowest BCUT2D eigenvalue weighted by atomic mass is 9.81. The number of carbonyl (C=O) groups excluding carboxylic acids is 1. The Kier molecular flexibility index (Phi) is 3.21. The van der Waals surface area contributed by atoms with Crippen LogP contribution in [0.2, 0.25) is 0 Å². The fraction of sp³-hybridized carbons (Fsp3) is 0.250. The highest BCUT2D eigenvalue weighted by Gasteiger charge is 2.35. The third-order valence-electron chi connectivity index (χ3n) is 2.29. The fourth-order valence-electron chi connectivity index (χ4n) is 1.29. The van der Waals surface area contributed by atoms with Gasteiger partial charge in [-0.3, -0.25) is 4.79 Å². The molecule has 0 aliphatic rings. The average Bonchev–Trinajstić information content (AvgIpc) is 2.27. The van der Waals surface area contributed by atoms with Crippen molar-refractivity contribution in [2.75, 3.05) is 0 Å². The Hall–Kier alpha value is -2.13. The van der Waals surface area contributed by atoms with Gasteiger partial charge >= 0.3 is 0 Å². The van der Waals surface area contributed by atoms with E-state index in [9.17, 15) is 4.79 Å². The molecule has 0 unspecified atom stereocenters. The lowest BCUT2D eigenvalue weighted by Gasteiger charge is -2.14. The molecule has 0 atom stereocenters. The van der Waals surface area contributed by atoms with Gasteiger partial charge in [0.05, 0.1) is 12.1 Å². The molecule has 0 heterocycles.